The van der Waals surface area contributed by atoms with Crippen LogP contribution in [0.25, 0.3) is 0 Å². The molecule has 1 N–H and O–H groups in total. The SMILES string of the molecule is C#CCOc1c(C=Nc2sc3c(c2C(=O)Nc2ccccc2)CCCC3)cccc1OC. The molecular formula is C26H24N2O3S. The molecule has 0 spiro atoms. The maximum absolute atomic E-state index is 13.2. The van der Waals surface area contributed by atoms with Crippen LogP contribution in [0.3, 0.4) is 0 Å². The van der Waals surface area contributed by atoms with Gasteiger partial charge >= 0.3 is 0 Å². The number of amides is 1. The molecule has 0 radical (unpaired) electrons. The average Bonchev–Trinajstić information content (AvgIpc) is 3.20. The molecule has 1 heterocycles. The average molecular weight is 445 g/mol. The normalized spacial score (nSPS) is 12.8. The van der Waals surface area contributed by atoms with Crippen LogP contribution in [-0.2, 0) is 12.8 Å². The number of carbonyl (C=O) groups is 1. The van der Waals surface area contributed by atoms with E-state index in [1.807, 2.05) is 48.5 Å². The van der Waals surface area contributed by atoms with Gasteiger partial charge in [-0.1, -0.05) is 30.2 Å². The zero-order valence-electron chi connectivity index (χ0n) is 17.9. The van der Waals surface area contributed by atoms with E-state index in [-0.39, 0.29) is 12.5 Å². The van der Waals surface area contributed by atoms with Crippen molar-refractivity contribution in [3.05, 3.63) is 70.1 Å². The topological polar surface area (TPSA) is 59.9 Å². The third-order valence-electron chi connectivity index (χ3n) is 5.26. The molecule has 1 aliphatic carbocycles. The van der Waals surface area contributed by atoms with Gasteiger partial charge in [0.05, 0.1) is 12.7 Å². The summed E-state index contributed by atoms with van der Waals surface area (Å²) in [4.78, 5) is 19.2. The van der Waals surface area contributed by atoms with Crippen LogP contribution in [0.1, 0.15) is 39.2 Å². The second-order valence-electron chi connectivity index (χ2n) is 7.34. The molecule has 1 amide bonds. The lowest BCUT2D eigenvalue weighted by Gasteiger charge is -2.13. The number of aliphatic imine (C=N–C) groups is 1. The number of nitrogens with zero attached hydrogens (tertiary/aromatic N) is 1. The molecule has 1 aliphatic rings. The first-order chi connectivity index (χ1) is 15.7. The summed E-state index contributed by atoms with van der Waals surface area (Å²) in [6, 6.07) is 15.0. The highest BCUT2D eigenvalue weighted by molar-refractivity contribution is 7.16. The van der Waals surface area contributed by atoms with Gasteiger partial charge in [0.15, 0.2) is 11.5 Å². The first-order valence-corrected chi connectivity index (χ1v) is 11.3. The third-order valence-corrected chi connectivity index (χ3v) is 6.46. The lowest BCUT2D eigenvalue weighted by atomic mass is 9.95. The predicted octanol–water partition coefficient (Wildman–Crippen LogP) is 5.65. The Hall–Kier alpha value is -3.56. The molecule has 0 aliphatic heterocycles. The third kappa shape index (κ3) is 4.68. The van der Waals surface area contributed by atoms with Crippen molar-refractivity contribution in [1.29, 1.82) is 0 Å². The second-order valence-corrected chi connectivity index (χ2v) is 8.42. The van der Waals surface area contributed by atoms with Gasteiger partial charge in [-0.3, -0.25) is 4.79 Å². The number of rotatable bonds is 7. The van der Waals surface area contributed by atoms with Crippen molar-refractivity contribution in [2.45, 2.75) is 25.7 Å². The Balaban J connectivity index is 1.70. The number of benzene rings is 2. The molecule has 0 saturated heterocycles. The molecule has 0 unspecified atom stereocenters. The lowest BCUT2D eigenvalue weighted by Crippen LogP contribution is -2.14. The van der Waals surface area contributed by atoms with Gasteiger partial charge in [0.25, 0.3) is 5.91 Å². The number of methoxy groups -OCH3 is 1. The summed E-state index contributed by atoms with van der Waals surface area (Å²) < 4.78 is 11.1. The van der Waals surface area contributed by atoms with E-state index in [0.29, 0.717) is 22.1 Å². The van der Waals surface area contributed by atoms with Crippen LogP contribution in [-0.4, -0.2) is 25.8 Å². The van der Waals surface area contributed by atoms with Gasteiger partial charge in [-0.25, -0.2) is 4.99 Å². The summed E-state index contributed by atoms with van der Waals surface area (Å²) in [7, 11) is 1.58. The number of nitrogens with one attached hydrogen (secondary N) is 1. The van der Waals surface area contributed by atoms with E-state index in [1.54, 1.807) is 24.7 Å². The summed E-state index contributed by atoms with van der Waals surface area (Å²) in [5.41, 5.74) is 3.29. The van der Waals surface area contributed by atoms with E-state index in [4.69, 9.17) is 20.9 Å². The summed E-state index contributed by atoms with van der Waals surface area (Å²) in [5, 5.41) is 3.72. The van der Waals surface area contributed by atoms with Crippen molar-refractivity contribution >= 4 is 34.1 Å². The Labute approximate surface area is 192 Å². The molecule has 0 fully saturated rings. The number of fused-ring (bicyclic) bond motifs is 1. The zero-order valence-corrected chi connectivity index (χ0v) is 18.7. The van der Waals surface area contributed by atoms with Crippen molar-refractivity contribution in [3.8, 4) is 23.8 Å². The fraction of sp³-hybridized carbons (Fsp3) is 0.231. The number of para-hydroxylation sites is 2. The van der Waals surface area contributed by atoms with Crippen LogP contribution in [0.2, 0.25) is 0 Å². The van der Waals surface area contributed by atoms with E-state index >= 15 is 0 Å². The minimum absolute atomic E-state index is 0.124. The predicted molar refractivity (Wildman–Crippen MR) is 130 cm³/mol. The van der Waals surface area contributed by atoms with Crippen LogP contribution in [0, 0.1) is 12.3 Å². The monoisotopic (exact) mass is 444 g/mol. The molecule has 4 rings (SSSR count). The lowest BCUT2D eigenvalue weighted by molar-refractivity contribution is 0.102. The summed E-state index contributed by atoms with van der Waals surface area (Å²) in [6.45, 7) is 0.124. The van der Waals surface area contributed by atoms with Crippen LogP contribution in [0.5, 0.6) is 11.5 Å². The number of anilines is 1. The molecule has 162 valence electrons. The van der Waals surface area contributed by atoms with Gasteiger partial charge in [0.1, 0.15) is 11.6 Å². The fourth-order valence-electron chi connectivity index (χ4n) is 3.78. The summed E-state index contributed by atoms with van der Waals surface area (Å²) in [6.07, 6.45) is 11.2. The van der Waals surface area contributed by atoms with Crippen LogP contribution >= 0.6 is 11.3 Å². The molecular weight excluding hydrogens is 420 g/mol. The molecule has 0 saturated carbocycles. The van der Waals surface area contributed by atoms with E-state index in [2.05, 4.69) is 11.2 Å². The Kier molecular flexibility index (Phi) is 6.88. The number of hydrogen-bond acceptors (Lipinski definition) is 5. The summed E-state index contributed by atoms with van der Waals surface area (Å²) in [5.74, 6) is 3.46. The van der Waals surface area contributed by atoms with Gasteiger partial charge in [0.2, 0.25) is 0 Å². The fourth-order valence-corrected chi connectivity index (χ4v) is 5.01. The molecule has 0 atom stereocenters. The van der Waals surface area contributed by atoms with Crippen molar-refractivity contribution in [2.75, 3.05) is 19.0 Å². The largest absolute Gasteiger partial charge is 0.493 e. The van der Waals surface area contributed by atoms with Gasteiger partial charge in [-0.05, 0) is 55.5 Å². The van der Waals surface area contributed by atoms with Crippen molar-refractivity contribution in [1.82, 2.24) is 0 Å². The number of terminal acetylenes is 1. The molecule has 0 bridgehead atoms. The molecule has 1 aromatic heterocycles. The van der Waals surface area contributed by atoms with Crippen LogP contribution in [0.4, 0.5) is 10.7 Å². The van der Waals surface area contributed by atoms with E-state index in [0.717, 1.165) is 42.5 Å². The maximum Gasteiger partial charge on any atom is 0.259 e. The number of aryl methyl sites for hydroxylation is 1. The summed E-state index contributed by atoms with van der Waals surface area (Å²) >= 11 is 1.59. The maximum atomic E-state index is 13.2. The second kappa shape index (κ2) is 10.2. The Morgan fingerprint density at radius 3 is 2.78 bits per heavy atom. The van der Waals surface area contributed by atoms with Gasteiger partial charge in [-0.15, -0.1) is 17.8 Å². The van der Waals surface area contributed by atoms with Gasteiger partial charge in [0, 0.05) is 22.3 Å². The smallest absolute Gasteiger partial charge is 0.259 e. The highest BCUT2D eigenvalue weighted by Gasteiger charge is 2.25. The van der Waals surface area contributed by atoms with Crippen LogP contribution < -0.4 is 14.8 Å². The zero-order chi connectivity index (χ0) is 22.3. The number of ether oxygens (including phenoxy) is 2. The first kappa shape index (κ1) is 21.7. The Morgan fingerprint density at radius 1 is 1.19 bits per heavy atom. The molecule has 2 aromatic carbocycles. The van der Waals surface area contributed by atoms with Crippen molar-refractivity contribution in [3.63, 3.8) is 0 Å². The molecule has 32 heavy (non-hydrogen) atoms. The quantitative estimate of drug-likeness (QED) is 0.378. The highest BCUT2D eigenvalue weighted by atomic mass is 32.1. The Bertz CT molecular complexity index is 1180. The molecule has 3 aromatic rings. The number of thiophene rings is 1. The van der Waals surface area contributed by atoms with E-state index in [1.165, 1.54) is 4.88 Å². The van der Waals surface area contributed by atoms with Gasteiger partial charge < -0.3 is 14.8 Å². The van der Waals surface area contributed by atoms with Crippen molar-refractivity contribution in [2.24, 2.45) is 4.99 Å². The van der Waals surface area contributed by atoms with E-state index < -0.39 is 0 Å². The number of hydrogen-bond donors (Lipinski definition) is 1. The highest BCUT2D eigenvalue weighted by Crippen LogP contribution is 2.40. The van der Waals surface area contributed by atoms with Crippen molar-refractivity contribution < 1.29 is 14.3 Å². The minimum Gasteiger partial charge on any atom is -0.493 e. The Morgan fingerprint density at radius 2 is 2.00 bits per heavy atom. The minimum atomic E-state index is -0.128. The van der Waals surface area contributed by atoms with E-state index in [9.17, 15) is 4.79 Å². The first-order valence-electron chi connectivity index (χ1n) is 10.5. The standard InChI is InChI=1S/C26H24N2O3S/c1-3-16-31-24-18(10-9-14-21(24)30-2)17-27-26-23(20-13-7-8-15-22(20)32-26)25(29)28-19-11-5-4-6-12-19/h1,4-6,9-12,14,17H,7-8,13,15-16H2,2H3,(H,28,29). The van der Waals surface area contributed by atoms with Crippen LogP contribution in [0.15, 0.2) is 53.5 Å². The van der Waals surface area contributed by atoms with Gasteiger partial charge in [-0.2, -0.15) is 0 Å². The number of carbonyl (C=O) groups excluding carboxylic acids is 1. The molecule has 6 heteroatoms. The molecule has 5 nitrogen and oxygen atoms in total.